The summed E-state index contributed by atoms with van der Waals surface area (Å²) in [7, 11) is 1.86. The number of aryl methyl sites for hydroxylation is 1. The van der Waals surface area contributed by atoms with Crippen LogP contribution in [0.3, 0.4) is 0 Å². The Labute approximate surface area is 132 Å². The maximum atomic E-state index is 9.59. The van der Waals surface area contributed by atoms with Gasteiger partial charge in [0.2, 0.25) is 18.4 Å². The summed E-state index contributed by atoms with van der Waals surface area (Å²) in [6, 6.07) is 0. The van der Waals surface area contributed by atoms with Crippen molar-refractivity contribution in [2.75, 3.05) is 12.3 Å². The Bertz CT molecular complexity index is 761. The second kappa shape index (κ2) is 4.84. The number of aromatic nitrogens is 4. The van der Waals surface area contributed by atoms with E-state index in [9.17, 15) is 5.11 Å². The zero-order valence-electron chi connectivity index (χ0n) is 13.2. The third-order valence-electron chi connectivity index (χ3n) is 4.29. The first-order chi connectivity index (χ1) is 10.9. The van der Waals surface area contributed by atoms with Crippen molar-refractivity contribution in [3.05, 3.63) is 12.7 Å². The predicted molar refractivity (Wildman–Crippen MR) is 77.9 cm³/mol. The van der Waals surface area contributed by atoms with Crippen molar-refractivity contribution in [3.8, 4) is 0 Å². The lowest BCUT2D eigenvalue weighted by Gasteiger charge is -2.23. The van der Waals surface area contributed by atoms with Crippen molar-refractivity contribution in [1.29, 1.82) is 0 Å². The van der Waals surface area contributed by atoms with E-state index in [0.29, 0.717) is 11.3 Å². The summed E-state index contributed by atoms with van der Waals surface area (Å²) in [4.78, 5) is 8.44. The normalized spacial score (nSPS) is 32.5. The summed E-state index contributed by atoms with van der Waals surface area (Å²) in [5.41, 5.74) is 7.27. The molecule has 2 aliphatic rings. The Balaban J connectivity index is 1.81. The molecule has 0 amide bonds. The Kier molecular flexibility index (Phi) is 3.11. The van der Waals surface area contributed by atoms with E-state index < -0.39 is 18.1 Å². The van der Waals surface area contributed by atoms with E-state index in [4.69, 9.17) is 19.9 Å². The van der Waals surface area contributed by atoms with Gasteiger partial charge in [0.1, 0.15) is 18.3 Å². The van der Waals surface area contributed by atoms with E-state index in [1.54, 1.807) is 12.7 Å². The van der Waals surface area contributed by atoms with Gasteiger partial charge in [0.05, 0.1) is 13.7 Å². The highest BCUT2D eigenvalue weighted by Crippen LogP contribution is 2.43. The average molecular weight is 322 g/mol. The van der Waals surface area contributed by atoms with Crippen LogP contribution < -0.4 is 10.3 Å². The number of nitrogen functional groups attached to an aromatic ring is 1. The fraction of sp³-hybridized carbons (Fsp3) is 0.643. The first-order valence-corrected chi connectivity index (χ1v) is 7.50. The standard InChI is InChI=1S/C14H19N5O4/c1-14(2)22-9-7(4-20)21-13(10(9)23-14)19-6-16-8-11(15)17-5-18(3)12(8)19/h5-7,9-10,13,15,20H,4H2,1-3H3/p+1/t7-,9-,10-,13+/m1/s1. The number of imidazole rings is 1. The Morgan fingerprint density at radius 1 is 1.35 bits per heavy atom. The monoisotopic (exact) mass is 322 g/mol. The smallest absolute Gasteiger partial charge is 0.263 e. The van der Waals surface area contributed by atoms with Crippen LogP contribution in [0.4, 0.5) is 5.82 Å². The van der Waals surface area contributed by atoms with Gasteiger partial charge >= 0.3 is 0 Å². The van der Waals surface area contributed by atoms with E-state index in [0.717, 1.165) is 5.65 Å². The van der Waals surface area contributed by atoms with E-state index in [1.807, 2.05) is 30.0 Å². The summed E-state index contributed by atoms with van der Waals surface area (Å²) in [5.74, 6) is -0.363. The van der Waals surface area contributed by atoms with Gasteiger partial charge in [-0.2, -0.15) is 0 Å². The van der Waals surface area contributed by atoms with Crippen LogP contribution in [0.5, 0.6) is 0 Å². The van der Waals surface area contributed by atoms with Gasteiger partial charge in [-0.3, -0.25) is 0 Å². The van der Waals surface area contributed by atoms with Crippen LogP contribution in [0.15, 0.2) is 12.7 Å². The Morgan fingerprint density at radius 2 is 2.09 bits per heavy atom. The summed E-state index contributed by atoms with van der Waals surface area (Å²) in [6.45, 7) is 3.56. The maximum Gasteiger partial charge on any atom is 0.263 e. The van der Waals surface area contributed by atoms with E-state index in [-0.39, 0.29) is 18.8 Å². The second-order valence-corrected chi connectivity index (χ2v) is 6.38. The molecule has 0 radical (unpaired) electrons. The molecule has 4 heterocycles. The van der Waals surface area contributed by atoms with Crippen LogP contribution in [-0.2, 0) is 21.3 Å². The molecule has 9 nitrogen and oxygen atoms in total. The van der Waals surface area contributed by atoms with Crippen molar-refractivity contribution < 1.29 is 23.9 Å². The summed E-state index contributed by atoms with van der Waals surface area (Å²) < 4.78 is 21.5. The summed E-state index contributed by atoms with van der Waals surface area (Å²) in [5, 5.41) is 9.59. The first-order valence-electron chi connectivity index (χ1n) is 7.50. The van der Waals surface area contributed by atoms with E-state index >= 15 is 0 Å². The SMILES string of the molecule is C[n+]1cnc(N)c2ncn([C@H]3O[C@H](CO)[C@H]4OC(C)(C)O[C@H]43)c21. The van der Waals surface area contributed by atoms with Crippen LogP contribution in [0.2, 0.25) is 0 Å². The predicted octanol–water partition coefficient (Wildman–Crippen LogP) is -0.752. The van der Waals surface area contributed by atoms with E-state index in [1.165, 1.54) is 0 Å². The van der Waals surface area contributed by atoms with Gasteiger partial charge < -0.3 is 25.1 Å². The third-order valence-corrected chi connectivity index (χ3v) is 4.29. The van der Waals surface area contributed by atoms with Crippen molar-refractivity contribution in [3.63, 3.8) is 0 Å². The highest BCUT2D eigenvalue weighted by Gasteiger charge is 2.57. The summed E-state index contributed by atoms with van der Waals surface area (Å²) in [6.07, 6.45) is 1.70. The van der Waals surface area contributed by atoms with Crippen LogP contribution in [0.1, 0.15) is 20.1 Å². The molecule has 0 unspecified atom stereocenters. The molecule has 124 valence electrons. The van der Waals surface area contributed by atoms with Crippen LogP contribution in [0.25, 0.3) is 11.2 Å². The van der Waals surface area contributed by atoms with Crippen molar-refractivity contribution in [1.82, 2.24) is 14.5 Å². The molecule has 2 fully saturated rings. The molecule has 0 aromatic carbocycles. The van der Waals surface area contributed by atoms with Gasteiger partial charge in [-0.25, -0.2) is 14.1 Å². The number of nitrogens with zero attached hydrogens (tertiary/aromatic N) is 4. The second-order valence-electron chi connectivity index (χ2n) is 6.38. The lowest BCUT2D eigenvalue weighted by atomic mass is 10.1. The topological polar surface area (TPSA) is 109 Å². The molecule has 0 saturated carbocycles. The molecular weight excluding hydrogens is 302 g/mol. The van der Waals surface area contributed by atoms with E-state index in [2.05, 4.69) is 9.97 Å². The number of nitrogens with two attached hydrogens (primary N) is 1. The number of hydrogen-bond donors (Lipinski definition) is 2. The van der Waals surface area contributed by atoms with Gasteiger partial charge in [0.25, 0.3) is 5.65 Å². The average Bonchev–Trinajstić information content (AvgIpc) is 3.14. The molecule has 2 aliphatic heterocycles. The van der Waals surface area contributed by atoms with Crippen molar-refractivity contribution in [2.45, 2.75) is 44.2 Å². The summed E-state index contributed by atoms with van der Waals surface area (Å²) >= 11 is 0. The fourth-order valence-corrected chi connectivity index (χ4v) is 3.37. The zero-order valence-corrected chi connectivity index (χ0v) is 13.2. The minimum Gasteiger partial charge on any atom is -0.394 e. The van der Waals surface area contributed by atoms with Crippen molar-refractivity contribution in [2.24, 2.45) is 7.05 Å². The third kappa shape index (κ3) is 2.12. The van der Waals surface area contributed by atoms with Crippen LogP contribution >= 0.6 is 0 Å². The molecular formula is C14H20N5O4+. The Morgan fingerprint density at radius 3 is 2.83 bits per heavy atom. The molecule has 0 aliphatic carbocycles. The van der Waals surface area contributed by atoms with Crippen molar-refractivity contribution >= 4 is 17.0 Å². The Hall–Kier alpha value is -1.81. The van der Waals surface area contributed by atoms with Crippen LogP contribution in [-0.4, -0.2) is 50.3 Å². The number of anilines is 1. The minimum atomic E-state index is -0.718. The van der Waals surface area contributed by atoms with Crippen LogP contribution in [0, 0.1) is 0 Å². The first kappa shape index (κ1) is 14.8. The highest BCUT2D eigenvalue weighted by atomic mass is 16.8. The van der Waals surface area contributed by atoms with Gasteiger partial charge in [-0.05, 0) is 13.8 Å². The lowest BCUT2D eigenvalue weighted by Crippen LogP contribution is -2.35. The quantitative estimate of drug-likeness (QED) is 0.700. The number of rotatable bonds is 2. The number of fused-ring (bicyclic) bond motifs is 2. The van der Waals surface area contributed by atoms with Gasteiger partial charge in [0.15, 0.2) is 17.6 Å². The molecule has 2 aromatic heterocycles. The lowest BCUT2D eigenvalue weighted by molar-refractivity contribution is -0.651. The largest absolute Gasteiger partial charge is 0.394 e. The highest BCUT2D eigenvalue weighted by molar-refractivity contribution is 5.78. The molecule has 23 heavy (non-hydrogen) atoms. The zero-order chi connectivity index (χ0) is 16.4. The van der Waals surface area contributed by atoms with Gasteiger partial charge in [0, 0.05) is 0 Å². The molecule has 4 atom stereocenters. The molecule has 0 bridgehead atoms. The molecule has 2 saturated heterocycles. The van der Waals surface area contributed by atoms with Gasteiger partial charge in [-0.15, -0.1) is 0 Å². The number of hydrogen-bond acceptors (Lipinski definition) is 7. The fourth-order valence-electron chi connectivity index (χ4n) is 3.37. The molecule has 9 heteroatoms. The van der Waals surface area contributed by atoms with Gasteiger partial charge in [-0.1, -0.05) is 4.98 Å². The molecule has 0 spiro atoms. The molecule has 3 N–H and O–H groups in total. The molecule has 4 rings (SSSR count). The number of ether oxygens (including phenoxy) is 3. The number of aliphatic hydroxyl groups excluding tert-OH is 1. The molecule has 2 aromatic rings. The minimum absolute atomic E-state index is 0.139. The number of aliphatic hydroxyl groups is 1. The maximum absolute atomic E-state index is 9.59.